The normalized spacial score (nSPS) is 34.6. The number of carbonyl (C=O) groups excluding carboxylic acids is 5. The van der Waals surface area contributed by atoms with E-state index in [1.807, 2.05) is 12.1 Å². The van der Waals surface area contributed by atoms with E-state index in [0.29, 0.717) is 12.2 Å². The summed E-state index contributed by atoms with van der Waals surface area (Å²) >= 11 is 0. The van der Waals surface area contributed by atoms with Gasteiger partial charge in [0, 0.05) is 43.7 Å². The number of likely N-dealkylation sites (N-methyl/N-ethyl adjacent to an activating group) is 1. The third-order valence-electron chi connectivity index (χ3n) is 9.60. The van der Waals surface area contributed by atoms with Crippen LogP contribution in [0, 0.1) is 5.92 Å². The number of benzene rings is 1. The molecule has 0 aromatic heterocycles. The summed E-state index contributed by atoms with van der Waals surface area (Å²) in [5, 5.41) is 0. The number of esters is 4. The predicted octanol–water partition coefficient (Wildman–Crippen LogP) is 1.36. The van der Waals surface area contributed by atoms with E-state index in [1.54, 1.807) is 6.07 Å². The average Bonchev–Trinajstić information content (AvgIpc) is 3.37. The van der Waals surface area contributed by atoms with E-state index < -0.39 is 78.4 Å². The largest absolute Gasteiger partial charge is 0.513 e. The molecule has 1 aromatic rings. The SMILES string of the molecule is COC(=O)Oc1ccc2c3c1O[C@H]1[C@@H](O[C@@H]4O[C@H](C(=O)OC)[C@@H](OC(C)=O)[C@H](OC(C)=O)[C@H]4OC(C)=O)C=CC4[C@@H](C2)N(C)CC[C@@]341. The maximum atomic E-state index is 13.0. The molecule has 2 saturated heterocycles. The monoisotopic (exact) mass is 659 g/mol. The van der Waals surface area contributed by atoms with Crippen molar-refractivity contribution in [1.29, 1.82) is 0 Å². The van der Waals surface area contributed by atoms with Crippen LogP contribution in [-0.2, 0) is 64.2 Å². The first-order valence-corrected chi connectivity index (χ1v) is 15.3. The number of piperidine rings is 1. The number of ether oxygens (including phenoxy) is 9. The number of rotatable bonds is 7. The molecule has 0 radical (unpaired) electrons. The van der Waals surface area contributed by atoms with E-state index in [4.69, 9.17) is 42.6 Å². The van der Waals surface area contributed by atoms with Crippen LogP contribution >= 0.6 is 0 Å². The van der Waals surface area contributed by atoms with Crippen LogP contribution in [0.3, 0.4) is 0 Å². The fourth-order valence-electron chi connectivity index (χ4n) is 7.88. The van der Waals surface area contributed by atoms with Crippen LogP contribution in [0.4, 0.5) is 4.79 Å². The first-order chi connectivity index (χ1) is 22.4. The van der Waals surface area contributed by atoms with Crippen LogP contribution in [0.25, 0.3) is 0 Å². The lowest BCUT2D eigenvalue weighted by Gasteiger charge is -2.57. The Labute approximate surface area is 270 Å². The maximum absolute atomic E-state index is 13.0. The first kappa shape index (κ1) is 32.7. The smallest absolute Gasteiger partial charge is 0.482 e. The molecule has 47 heavy (non-hydrogen) atoms. The zero-order chi connectivity index (χ0) is 33.8. The van der Waals surface area contributed by atoms with Crippen molar-refractivity contribution in [2.24, 2.45) is 5.92 Å². The van der Waals surface area contributed by atoms with Gasteiger partial charge >= 0.3 is 30.0 Å². The van der Waals surface area contributed by atoms with Gasteiger partial charge in [-0.25, -0.2) is 9.59 Å². The fraction of sp³-hybridized carbons (Fsp3) is 0.594. The van der Waals surface area contributed by atoms with Gasteiger partial charge in [-0.1, -0.05) is 18.2 Å². The third-order valence-corrected chi connectivity index (χ3v) is 9.60. The van der Waals surface area contributed by atoms with Gasteiger partial charge < -0.3 is 47.5 Å². The summed E-state index contributed by atoms with van der Waals surface area (Å²) < 4.78 is 50.9. The Morgan fingerprint density at radius 2 is 1.57 bits per heavy atom. The zero-order valence-corrected chi connectivity index (χ0v) is 26.8. The number of nitrogens with zero attached hydrogens (tertiary/aromatic N) is 1. The average molecular weight is 660 g/mol. The van der Waals surface area contributed by atoms with Gasteiger partial charge in [-0.3, -0.25) is 14.4 Å². The van der Waals surface area contributed by atoms with E-state index >= 15 is 0 Å². The van der Waals surface area contributed by atoms with Crippen molar-refractivity contribution >= 4 is 30.0 Å². The van der Waals surface area contributed by atoms with Crippen molar-refractivity contribution in [2.45, 2.75) is 88.0 Å². The number of hydrogen-bond donors (Lipinski definition) is 0. The molecule has 0 N–H and O–H groups in total. The topological polar surface area (TPSA) is 172 Å². The van der Waals surface area contributed by atoms with Gasteiger partial charge in [-0.05, 0) is 38.1 Å². The molecule has 0 saturated carbocycles. The highest BCUT2D eigenvalue weighted by atomic mass is 16.7. The van der Waals surface area contributed by atoms with E-state index in [-0.39, 0.29) is 17.7 Å². The Morgan fingerprint density at radius 1 is 0.894 bits per heavy atom. The van der Waals surface area contributed by atoms with E-state index in [1.165, 1.54) is 7.11 Å². The summed E-state index contributed by atoms with van der Waals surface area (Å²) in [7, 11) is 4.41. The van der Waals surface area contributed by atoms with Crippen LogP contribution in [0.5, 0.6) is 11.5 Å². The summed E-state index contributed by atoms with van der Waals surface area (Å²) in [6, 6.07) is 3.76. The molecule has 6 rings (SSSR count). The Balaban J connectivity index is 1.41. The van der Waals surface area contributed by atoms with Gasteiger partial charge in [0.05, 0.1) is 14.2 Å². The predicted molar refractivity (Wildman–Crippen MR) is 155 cm³/mol. The molecule has 2 aliphatic carbocycles. The molecular formula is C32H37NO14. The molecule has 3 aliphatic heterocycles. The van der Waals surface area contributed by atoms with Crippen molar-refractivity contribution < 1.29 is 66.6 Å². The summed E-state index contributed by atoms with van der Waals surface area (Å²) in [5.41, 5.74) is 1.38. The third kappa shape index (κ3) is 5.49. The molecular weight excluding hydrogens is 622 g/mol. The van der Waals surface area contributed by atoms with Crippen molar-refractivity contribution in [3.05, 3.63) is 35.4 Å². The van der Waals surface area contributed by atoms with Gasteiger partial charge in [-0.15, -0.1) is 0 Å². The van der Waals surface area contributed by atoms with Crippen LogP contribution in [0.2, 0.25) is 0 Å². The molecule has 1 aromatic carbocycles. The van der Waals surface area contributed by atoms with Crippen LogP contribution < -0.4 is 9.47 Å². The number of carbonyl (C=O) groups is 5. The summed E-state index contributed by atoms with van der Waals surface area (Å²) in [6.45, 7) is 4.11. The van der Waals surface area contributed by atoms with Gasteiger partial charge in [0.1, 0.15) is 12.2 Å². The number of methoxy groups -OCH3 is 2. The Bertz CT molecular complexity index is 1510. The van der Waals surface area contributed by atoms with Crippen LogP contribution in [0.1, 0.15) is 38.3 Å². The maximum Gasteiger partial charge on any atom is 0.513 e. The van der Waals surface area contributed by atoms with Crippen molar-refractivity contribution in [3.8, 4) is 11.5 Å². The second-order valence-electron chi connectivity index (χ2n) is 12.2. The van der Waals surface area contributed by atoms with Crippen LogP contribution in [0.15, 0.2) is 24.3 Å². The highest BCUT2D eigenvalue weighted by molar-refractivity contribution is 5.77. The lowest BCUT2D eigenvalue weighted by atomic mass is 9.53. The summed E-state index contributed by atoms with van der Waals surface area (Å²) in [4.78, 5) is 64.1. The van der Waals surface area contributed by atoms with Crippen molar-refractivity contribution in [2.75, 3.05) is 27.8 Å². The molecule has 1 unspecified atom stereocenters. The van der Waals surface area contributed by atoms with Crippen molar-refractivity contribution in [1.82, 2.24) is 4.90 Å². The van der Waals surface area contributed by atoms with E-state index in [2.05, 4.69) is 18.0 Å². The number of likely N-dealkylation sites (tertiary alicyclic amines) is 1. The van der Waals surface area contributed by atoms with Gasteiger partial charge in [-0.2, -0.15) is 0 Å². The summed E-state index contributed by atoms with van der Waals surface area (Å²) in [6.07, 6.45) is -4.76. The zero-order valence-electron chi connectivity index (χ0n) is 26.8. The molecule has 1 spiro atoms. The minimum atomic E-state index is -1.61. The Hall–Kier alpha value is -4.21. The molecule has 5 aliphatic rings. The van der Waals surface area contributed by atoms with Gasteiger partial charge in [0.25, 0.3) is 0 Å². The molecule has 10 atom stereocenters. The van der Waals surface area contributed by atoms with Crippen molar-refractivity contribution in [3.63, 3.8) is 0 Å². The first-order valence-electron chi connectivity index (χ1n) is 15.3. The Kier molecular flexibility index (Phi) is 8.65. The molecule has 2 fully saturated rings. The highest BCUT2D eigenvalue weighted by Crippen LogP contribution is 2.63. The molecule has 3 heterocycles. The Morgan fingerprint density at radius 3 is 2.23 bits per heavy atom. The quantitative estimate of drug-likeness (QED) is 0.178. The van der Waals surface area contributed by atoms with E-state index in [9.17, 15) is 24.0 Å². The second-order valence-corrected chi connectivity index (χ2v) is 12.2. The lowest BCUT2D eigenvalue weighted by molar-refractivity contribution is -0.313. The standard InChI is InChI=1S/C32H37NO14/c1-14(34)41-24-25(42-15(2)35)27(43-16(3)36)30(47-26(24)29(37)39-5)44-21-10-8-18-19-13-17-7-9-20(45-31(38)40-6)23-22(17)32(18,28(21)46-23)11-12-33(19)4/h7-10,18-19,21,24-28,30H,11-13H2,1-6H3/t18?,19-,21+,24+,25+,26+,27-,28+,30-,32+/m1/s1. The molecule has 0 amide bonds. The minimum Gasteiger partial charge on any atom is -0.482 e. The lowest BCUT2D eigenvalue weighted by Crippen LogP contribution is -2.67. The van der Waals surface area contributed by atoms with E-state index in [0.717, 1.165) is 52.0 Å². The molecule has 254 valence electrons. The molecule has 2 bridgehead atoms. The number of hydrogen-bond acceptors (Lipinski definition) is 15. The minimum absolute atomic E-state index is 0.00901. The molecule has 15 heteroatoms. The van der Waals surface area contributed by atoms with Gasteiger partial charge in [0.2, 0.25) is 6.29 Å². The second kappa shape index (κ2) is 12.4. The van der Waals surface area contributed by atoms with Crippen LogP contribution in [-0.4, -0.2) is 112 Å². The highest BCUT2D eigenvalue weighted by Gasteiger charge is 2.66. The van der Waals surface area contributed by atoms with Gasteiger partial charge in [0.15, 0.2) is 35.9 Å². The summed E-state index contributed by atoms with van der Waals surface area (Å²) in [5.74, 6) is -2.70. The fourth-order valence-corrected chi connectivity index (χ4v) is 7.88. The molecule has 15 nitrogen and oxygen atoms in total.